The third-order valence-electron chi connectivity index (χ3n) is 2.59. The lowest BCUT2D eigenvalue weighted by Crippen LogP contribution is -2.11. The number of alkyl halides is 3. The van der Waals surface area contributed by atoms with Gasteiger partial charge in [0.1, 0.15) is 5.69 Å². The van der Waals surface area contributed by atoms with Crippen LogP contribution in [0.25, 0.3) is 0 Å². The third-order valence-corrected chi connectivity index (χ3v) is 3.28. The first-order valence-electron chi connectivity index (χ1n) is 5.20. The van der Waals surface area contributed by atoms with Gasteiger partial charge in [-0.1, -0.05) is 15.9 Å². The van der Waals surface area contributed by atoms with Crippen molar-refractivity contribution >= 4 is 21.7 Å². The number of rotatable bonds is 2. The van der Waals surface area contributed by atoms with E-state index in [1.54, 1.807) is 7.05 Å². The predicted molar refractivity (Wildman–Crippen MR) is 65.8 cm³/mol. The topological polar surface area (TPSA) is 34.9 Å². The van der Waals surface area contributed by atoms with Crippen LogP contribution in [0.2, 0.25) is 0 Å². The molecule has 0 amide bonds. The molecule has 0 atom stereocenters. The Morgan fingerprint density at radius 1 is 1.32 bits per heavy atom. The number of aromatic nitrogens is 2. The summed E-state index contributed by atoms with van der Waals surface area (Å²) in [5, 5.41) is 3.82. The largest absolute Gasteiger partial charge is 0.416 e. The Bertz CT molecular complexity index is 634. The molecule has 0 aliphatic heterocycles. The highest BCUT2D eigenvalue weighted by Gasteiger charge is 2.31. The minimum atomic E-state index is -4.48. The average molecular weight is 333 g/mol. The molecule has 1 aromatic heterocycles. The summed E-state index contributed by atoms with van der Waals surface area (Å²) < 4.78 is 39.5. The van der Waals surface area contributed by atoms with E-state index in [0.717, 1.165) is 12.1 Å². The van der Waals surface area contributed by atoms with Gasteiger partial charge in [-0.25, -0.2) is 0 Å². The first-order valence-corrected chi connectivity index (χ1v) is 5.99. The van der Waals surface area contributed by atoms with E-state index in [0.29, 0.717) is 4.47 Å². The van der Waals surface area contributed by atoms with E-state index in [1.807, 2.05) is 0 Å². The van der Waals surface area contributed by atoms with E-state index in [4.69, 9.17) is 0 Å². The van der Waals surface area contributed by atoms with Crippen molar-refractivity contribution in [1.29, 1.82) is 0 Å². The average Bonchev–Trinajstić information content (AvgIpc) is 2.73. The van der Waals surface area contributed by atoms with Crippen molar-refractivity contribution in [3.63, 3.8) is 0 Å². The lowest BCUT2D eigenvalue weighted by molar-refractivity contribution is -0.137. The van der Waals surface area contributed by atoms with Crippen molar-refractivity contribution in [3.8, 4) is 0 Å². The fraction of sp³-hybridized carbons (Fsp3) is 0.167. The maximum atomic E-state index is 12.6. The zero-order chi connectivity index (χ0) is 14.2. The van der Waals surface area contributed by atoms with Crippen molar-refractivity contribution < 1.29 is 18.0 Å². The molecule has 0 unspecified atom stereocenters. The van der Waals surface area contributed by atoms with Crippen LogP contribution < -0.4 is 0 Å². The van der Waals surface area contributed by atoms with Crippen LogP contribution in [0.3, 0.4) is 0 Å². The summed E-state index contributed by atoms with van der Waals surface area (Å²) in [5.74, 6) is -0.516. The van der Waals surface area contributed by atoms with E-state index < -0.39 is 17.5 Å². The van der Waals surface area contributed by atoms with Crippen LogP contribution in [0, 0.1) is 0 Å². The third kappa shape index (κ3) is 2.70. The summed E-state index contributed by atoms with van der Waals surface area (Å²) in [4.78, 5) is 12.2. The van der Waals surface area contributed by atoms with Crippen LogP contribution in [0.1, 0.15) is 21.6 Å². The maximum absolute atomic E-state index is 12.6. The van der Waals surface area contributed by atoms with Crippen LogP contribution in [0.5, 0.6) is 0 Å². The van der Waals surface area contributed by atoms with E-state index >= 15 is 0 Å². The van der Waals surface area contributed by atoms with Gasteiger partial charge in [0, 0.05) is 23.3 Å². The second-order valence-corrected chi connectivity index (χ2v) is 4.72. The molecular weight excluding hydrogens is 325 g/mol. The summed E-state index contributed by atoms with van der Waals surface area (Å²) in [6.07, 6.45) is -3.07. The second-order valence-electron chi connectivity index (χ2n) is 3.86. The highest BCUT2D eigenvalue weighted by atomic mass is 79.9. The fourth-order valence-corrected chi connectivity index (χ4v) is 2.04. The Kier molecular flexibility index (Phi) is 3.49. The smallest absolute Gasteiger partial charge is 0.287 e. The molecule has 1 aromatic carbocycles. The van der Waals surface area contributed by atoms with Crippen molar-refractivity contribution in [2.45, 2.75) is 6.18 Å². The standard InChI is InChI=1S/C12H8BrF3N2O/c1-18-10(4-5-17-18)11(19)8-6-7(12(14,15)16)2-3-9(8)13/h2-6H,1H3. The van der Waals surface area contributed by atoms with Crippen molar-refractivity contribution in [3.05, 3.63) is 51.8 Å². The normalized spacial score (nSPS) is 11.6. The SMILES string of the molecule is Cn1nccc1C(=O)c1cc(C(F)(F)F)ccc1Br. The quantitative estimate of drug-likeness (QED) is 0.790. The number of halogens is 4. The van der Waals surface area contributed by atoms with Crippen LogP contribution in [0.15, 0.2) is 34.9 Å². The van der Waals surface area contributed by atoms with Gasteiger partial charge in [0.15, 0.2) is 0 Å². The molecule has 0 radical (unpaired) electrons. The number of benzene rings is 1. The predicted octanol–water partition coefficient (Wildman–Crippen LogP) is 3.43. The van der Waals surface area contributed by atoms with E-state index in [9.17, 15) is 18.0 Å². The van der Waals surface area contributed by atoms with Gasteiger partial charge < -0.3 is 0 Å². The molecule has 0 aliphatic rings. The molecule has 2 rings (SSSR count). The summed E-state index contributed by atoms with van der Waals surface area (Å²) in [7, 11) is 1.55. The van der Waals surface area contributed by atoms with Crippen LogP contribution >= 0.6 is 15.9 Å². The summed E-state index contributed by atoms with van der Waals surface area (Å²) in [6.45, 7) is 0. The highest BCUT2D eigenvalue weighted by Crippen LogP contribution is 2.32. The highest BCUT2D eigenvalue weighted by molar-refractivity contribution is 9.10. The number of nitrogens with zero attached hydrogens (tertiary/aromatic N) is 2. The summed E-state index contributed by atoms with van der Waals surface area (Å²) in [5.41, 5.74) is -0.681. The number of hydrogen-bond donors (Lipinski definition) is 0. The van der Waals surface area contributed by atoms with E-state index in [-0.39, 0.29) is 11.3 Å². The van der Waals surface area contributed by atoms with Gasteiger partial charge in [-0.15, -0.1) is 0 Å². The van der Waals surface area contributed by atoms with Gasteiger partial charge in [-0.05, 0) is 24.3 Å². The lowest BCUT2D eigenvalue weighted by Gasteiger charge is -2.10. The van der Waals surface area contributed by atoms with Gasteiger partial charge in [-0.3, -0.25) is 9.48 Å². The number of ketones is 1. The number of hydrogen-bond acceptors (Lipinski definition) is 2. The van der Waals surface area contributed by atoms with Gasteiger partial charge in [0.2, 0.25) is 5.78 Å². The van der Waals surface area contributed by atoms with Crippen molar-refractivity contribution in [1.82, 2.24) is 9.78 Å². The van der Waals surface area contributed by atoms with Gasteiger partial charge in [0.25, 0.3) is 0 Å². The molecule has 19 heavy (non-hydrogen) atoms. The molecule has 0 saturated heterocycles. The molecule has 0 spiro atoms. The molecule has 7 heteroatoms. The summed E-state index contributed by atoms with van der Waals surface area (Å²) >= 11 is 3.09. The van der Waals surface area contributed by atoms with Gasteiger partial charge in [0.05, 0.1) is 5.56 Å². The minimum absolute atomic E-state index is 0.0431. The van der Waals surface area contributed by atoms with Gasteiger partial charge >= 0.3 is 6.18 Å². The van der Waals surface area contributed by atoms with E-state index in [2.05, 4.69) is 21.0 Å². The van der Waals surface area contributed by atoms with Crippen LogP contribution in [0.4, 0.5) is 13.2 Å². The van der Waals surface area contributed by atoms with Crippen LogP contribution in [-0.4, -0.2) is 15.6 Å². The zero-order valence-corrected chi connectivity index (χ0v) is 11.3. The Hall–Kier alpha value is -1.63. The lowest BCUT2D eigenvalue weighted by atomic mass is 10.0. The minimum Gasteiger partial charge on any atom is -0.287 e. The molecule has 3 nitrogen and oxygen atoms in total. The molecule has 0 aliphatic carbocycles. The Balaban J connectivity index is 2.51. The van der Waals surface area contributed by atoms with Crippen molar-refractivity contribution in [2.24, 2.45) is 7.05 Å². The maximum Gasteiger partial charge on any atom is 0.416 e. The number of carbonyl (C=O) groups is 1. The molecule has 0 bridgehead atoms. The first-order chi connectivity index (χ1) is 8.80. The molecular formula is C12H8BrF3N2O. The monoisotopic (exact) mass is 332 g/mol. The van der Waals surface area contributed by atoms with Crippen LogP contribution in [-0.2, 0) is 13.2 Å². The second kappa shape index (κ2) is 4.80. The van der Waals surface area contributed by atoms with Gasteiger partial charge in [-0.2, -0.15) is 18.3 Å². The molecule has 2 aromatic rings. The molecule has 0 fully saturated rings. The number of aryl methyl sites for hydroxylation is 1. The molecule has 100 valence electrons. The summed E-state index contributed by atoms with van der Waals surface area (Å²) in [6, 6.07) is 4.42. The fourth-order valence-electron chi connectivity index (χ4n) is 1.61. The molecule has 1 heterocycles. The Labute approximate surface area is 115 Å². The number of carbonyl (C=O) groups excluding carboxylic acids is 1. The molecule has 0 N–H and O–H groups in total. The molecule has 0 saturated carbocycles. The zero-order valence-electron chi connectivity index (χ0n) is 9.70. The van der Waals surface area contributed by atoms with E-state index in [1.165, 1.54) is 23.0 Å². The Morgan fingerprint density at radius 3 is 2.53 bits per heavy atom. The Morgan fingerprint density at radius 2 is 2.00 bits per heavy atom. The van der Waals surface area contributed by atoms with Crippen molar-refractivity contribution in [2.75, 3.05) is 0 Å². The first kappa shape index (κ1) is 13.8.